The first-order chi connectivity index (χ1) is 7.70. The first-order valence-electron chi connectivity index (χ1n) is 6.45. The maximum Gasteiger partial charge on any atom is -0.000825 e. The van der Waals surface area contributed by atoms with Gasteiger partial charge >= 0.3 is 0 Å². The molecule has 1 aromatic carbocycles. The zero-order valence-electron chi connectivity index (χ0n) is 10.9. The predicted molar refractivity (Wildman–Crippen MR) is 71.8 cm³/mol. The maximum atomic E-state index is 3.52. The Morgan fingerprint density at radius 2 is 1.88 bits per heavy atom. The Balaban J connectivity index is 2.10. The summed E-state index contributed by atoms with van der Waals surface area (Å²) in [4.78, 5) is 0. The Labute approximate surface area is 100 Å². The van der Waals surface area contributed by atoms with Crippen LogP contribution in [0.1, 0.15) is 37.8 Å². The molecule has 1 nitrogen and oxygen atoms in total. The first-order valence-corrected chi connectivity index (χ1v) is 6.45. The highest BCUT2D eigenvalue weighted by molar-refractivity contribution is 5.25. The molecule has 0 unspecified atom stereocenters. The van der Waals surface area contributed by atoms with Crippen molar-refractivity contribution in [2.45, 2.75) is 40.0 Å². The highest BCUT2D eigenvalue weighted by Crippen LogP contribution is 2.07. The molecule has 0 bridgehead atoms. The molecule has 0 aliphatic rings. The quantitative estimate of drug-likeness (QED) is 0.691. The van der Waals surface area contributed by atoms with Crippen LogP contribution >= 0.6 is 0 Å². The Bertz CT molecular complexity index is 291. The lowest BCUT2D eigenvalue weighted by Gasteiger charge is -2.08. The average molecular weight is 219 g/mol. The van der Waals surface area contributed by atoms with E-state index in [0.29, 0.717) is 0 Å². The van der Waals surface area contributed by atoms with Crippen molar-refractivity contribution in [1.82, 2.24) is 5.32 Å². The lowest BCUT2D eigenvalue weighted by atomic mass is 10.1. The van der Waals surface area contributed by atoms with Crippen molar-refractivity contribution in [3.8, 4) is 0 Å². The zero-order valence-corrected chi connectivity index (χ0v) is 10.9. The largest absolute Gasteiger partial charge is 0.316 e. The van der Waals surface area contributed by atoms with Crippen LogP contribution in [0.3, 0.4) is 0 Å². The topological polar surface area (TPSA) is 12.0 Å². The monoisotopic (exact) mass is 219 g/mol. The minimum absolute atomic E-state index is 0.832. The normalized spacial score (nSPS) is 11.0. The SMILES string of the molecule is Cc1ccccc1CCNCCCC(C)C. The van der Waals surface area contributed by atoms with E-state index in [9.17, 15) is 0 Å². The highest BCUT2D eigenvalue weighted by Gasteiger charge is 1.97. The lowest BCUT2D eigenvalue weighted by molar-refractivity contribution is 0.528. The van der Waals surface area contributed by atoms with Gasteiger partial charge < -0.3 is 5.32 Å². The maximum absolute atomic E-state index is 3.52. The zero-order chi connectivity index (χ0) is 11.8. The van der Waals surface area contributed by atoms with Gasteiger partial charge in [0.25, 0.3) is 0 Å². The summed E-state index contributed by atoms with van der Waals surface area (Å²) < 4.78 is 0. The van der Waals surface area contributed by atoms with Gasteiger partial charge in [-0.2, -0.15) is 0 Å². The number of benzene rings is 1. The molecule has 0 radical (unpaired) electrons. The molecule has 0 heterocycles. The third-order valence-corrected chi connectivity index (χ3v) is 2.97. The molecule has 0 amide bonds. The molecular weight excluding hydrogens is 194 g/mol. The van der Waals surface area contributed by atoms with Crippen LogP contribution in [0.15, 0.2) is 24.3 Å². The van der Waals surface area contributed by atoms with E-state index in [1.54, 1.807) is 0 Å². The van der Waals surface area contributed by atoms with Crippen molar-refractivity contribution in [3.05, 3.63) is 35.4 Å². The van der Waals surface area contributed by atoms with Crippen LogP contribution < -0.4 is 5.32 Å². The van der Waals surface area contributed by atoms with E-state index in [1.807, 2.05) is 0 Å². The third-order valence-electron chi connectivity index (χ3n) is 2.97. The first kappa shape index (κ1) is 13.2. The summed E-state index contributed by atoms with van der Waals surface area (Å²) in [6, 6.07) is 8.65. The van der Waals surface area contributed by atoms with E-state index < -0.39 is 0 Å². The molecule has 0 atom stereocenters. The van der Waals surface area contributed by atoms with Crippen LogP contribution in [0.4, 0.5) is 0 Å². The average Bonchev–Trinajstić information content (AvgIpc) is 2.25. The Morgan fingerprint density at radius 1 is 1.12 bits per heavy atom. The Hall–Kier alpha value is -0.820. The van der Waals surface area contributed by atoms with Crippen molar-refractivity contribution in [2.75, 3.05) is 13.1 Å². The van der Waals surface area contributed by atoms with Gasteiger partial charge in [0, 0.05) is 0 Å². The second kappa shape index (κ2) is 7.45. The van der Waals surface area contributed by atoms with Crippen molar-refractivity contribution in [1.29, 1.82) is 0 Å². The molecule has 1 heteroatoms. The van der Waals surface area contributed by atoms with Crippen LogP contribution in [0, 0.1) is 12.8 Å². The number of rotatable bonds is 7. The summed E-state index contributed by atoms with van der Waals surface area (Å²) in [5.41, 5.74) is 2.88. The number of nitrogens with one attached hydrogen (secondary N) is 1. The van der Waals surface area contributed by atoms with Gasteiger partial charge in [0.1, 0.15) is 0 Å². The summed E-state index contributed by atoms with van der Waals surface area (Å²) >= 11 is 0. The summed E-state index contributed by atoms with van der Waals surface area (Å²) in [7, 11) is 0. The summed E-state index contributed by atoms with van der Waals surface area (Å²) in [5.74, 6) is 0.832. The molecule has 0 saturated carbocycles. The standard InChI is InChI=1S/C15H25N/c1-13(2)7-6-11-16-12-10-15-9-5-4-8-14(15)3/h4-5,8-9,13,16H,6-7,10-12H2,1-3H3. The van der Waals surface area contributed by atoms with Crippen LogP contribution in [-0.2, 0) is 6.42 Å². The number of hydrogen-bond acceptors (Lipinski definition) is 1. The number of aryl methyl sites for hydroxylation is 1. The molecule has 1 aromatic rings. The minimum atomic E-state index is 0.832. The molecule has 90 valence electrons. The summed E-state index contributed by atoms with van der Waals surface area (Å²) in [5, 5.41) is 3.52. The molecule has 0 aliphatic heterocycles. The van der Waals surface area contributed by atoms with Gasteiger partial charge in [0.05, 0.1) is 0 Å². The summed E-state index contributed by atoms with van der Waals surface area (Å²) in [6.45, 7) is 9.02. The van der Waals surface area contributed by atoms with Crippen molar-refractivity contribution < 1.29 is 0 Å². The fraction of sp³-hybridized carbons (Fsp3) is 0.600. The summed E-state index contributed by atoms with van der Waals surface area (Å²) in [6.07, 6.45) is 3.77. The second-order valence-corrected chi connectivity index (χ2v) is 4.96. The second-order valence-electron chi connectivity index (χ2n) is 4.96. The van der Waals surface area contributed by atoms with Gasteiger partial charge in [-0.15, -0.1) is 0 Å². The molecule has 0 fully saturated rings. The van der Waals surface area contributed by atoms with Gasteiger partial charge in [-0.25, -0.2) is 0 Å². The Kier molecular flexibility index (Phi) is 6.17. The van der Waals surface area contributed by atoms with E-state index in [2.05, 4.69) is 50.4 Å². The lowest BCUT2D eigenvalue weighted by Crippen LogP contribution is -2.19. The van der Waals surface area contributed by atoms with Crippen molar-refractivity contribution in [2.24, 2.45) is 5.92 Å². The van der Waals surface area contributed by atoms with E-state index in [1.165, 1.54) is 24.0 Å². The van der Waals surface area contributed by atoms with Gasteiger partial charge in [-0.3, -0.25) is 0 Å². The van der Waals surface area contributed by atoms with E-state index in [4.69, 9.17) is 0 Å². The molecule has 0 aromatic heterocycles. The minimum Gasteiger partial charge on any atom is -0.316 e. The Morgan fingerprint density at radius 3 is 2.56 bits per heavy atom. The third kappa shape index (κ3) is 5.32. The van der Waals surface area contributed by atoms with E-state index in [-0.39, 0.29) is 0 Å². The van der Waals surface area contributed by atoms with Crippen LogP contribution in [-0.4, -0.2) is 13.1 Å². The number of hydrogen-bond donors (Lipinski definition) is 1. The van der Waals surface area contributed by atoms with Gasteiger partial charge in [0.2, 0.25) is 0 Å². The molecule has 0 spiro atoms. The molecule has 1 N–H and O–H groups in total. The van der Waals surface area contributed by atoms with Crippen LogP contribution in [0.25, 0.3) is 0 Å². The fourth-order valence-electron chi connectivity index (χ4n) is 1.87. The highest BCUT2D eigenvalue weighted by atomic mass is 14.8. The molecule has 0 saturated heterocycles. The molecular formula is C15H25N. The molecule has 1 rings (SSSR count). The van der Waals surface area contributed by atoms with Gasteiger partial charge in [0.15, 0.2) is 0 Å². The van der Waals surface area contributed by atoms with Gasteiger partial charge in [-0.1, -0.05) is 38.1 Å². The fourth-order valence-corrected chi connectivity index (χ4v) is 1.87. The van der Waals surface area contributed by atoms with Crippen molar-refractivity contribution in [3.63, 3.8) is 0 Å². The smallest absolute Gasteiger partial charge is 0.000825 e. The van der Waals surface area contributed by atoms with Crippen LogP contribution in [0.5, 0.6) is 0 Å². The van der Waals surface area contributed by atoms with E-state index in [0.717, 1.165) is 25.4 Å². The van der Waals surface area contributed by atoms with E-state index >= 15 is 0 Å². The van der Waals surface area contributed by atoms with Crippen molar-refractivity contribution >= 4 is 0 Å². The predicted octanol–water partition coefficient (Wildman–Crippen LogP) is 3.56. The molecule has 0 aliphatic carbocycles. The molecule has 16 heavy (non-hydrogen) atoms. The van der Waals surface area contributed by atoms with Gasteiger partial charge in [-0.05, 0) is 56.3 Å². The van der Waals surface area contributed by atoms with Crippen LogP contribution in [0.2, 0.25) is 0 Å².